The number of rotatable bonds is 2. The number of benzene rings is 1. The number of aryl methyl sites for hydroxylation is 1. The Balaban J connectivity index is 1.45. The van der Waals surface area contributed by atoms with Crippen LogP contribution in [0.15, 0.2) is 53.3 Å². The number of carbonyl (C=O) groups excluding carboxylic acids is 1. The van der Waals surface area contributed by atoms with E-state index in [1.54, 1.807) is 24.6 Å². The lowest BCUT2D eigenvalue weighted by Gasteiger charge is -2.26. The molecule has 0 spiro atoms. The van der Waals surface area contributed by atoms with Crippen molar-refractivity contribution in [1.29, 1.82) is 0 Å². The Hall–Kier alpha value is -3.12. The minimum Gasteiger partial charge on any atom is -0.463 e. The smallest absolute Gasteiger partial charge is 0.255 e. The zero-order valence-corrected chi connectivity index (χ0v) is 16.0. The zero-order chi connectivity index (χ0) is 19.3. The average molecular weight is 393 g/mol. The summed E-state index contributed by atoms with van der Waals surface area (Å²) < 4.78 is 7.25. The third-order valence-electron chi connectivity index (χ3n) is 5.14. The van der Waals surface area contributed by atoms with Gasteiger partial charge < -0.3 is 9.32 Å². The first-order valence-electron chi connectivity index (χ1n) is 9.03. The van der Waals surface area contributed by atoms with E-state index in [4.69, 9.17) is 16.0 Å². The van der Waals surface area contributed by atoms with E-state index in [-0.39, 0.29) is 5.91 Å². The molecule has 0 atom stereocenters. The molecular weight excluding hydrogens is 376 g/mol. The summed E-state index contributed by atoms with van der Waals surface area (Å²) in [6.07, 6.45) is 3.92. The van der Waals surface area contributed by atoms with Gasteiger partial charge in [-0.1, -0.05) is 23.7 Å². The molecule has 0 saturated carbocycles. The molecule has 0 unspecified atom stereocenters. The van der Waals surface area contributed by atoms with Gasteiger partial charge in [0, 0.05) is 42.0 Å². The van der Waals surface area contributed by atoms with Gasteiger partial charge in [0.2, 0.25) is 0 Å². The van der Waals surface area contributed by atoms with Gasteiger partial charge in [-0.2, -0.15) is 5.10 Å². The zero-order valence-electron chi connectivity index (χ0n) is 15.2. The number of nitrogens with zero attached hydrogens (tertiary/aromatic N) is 4. The number of carbonyl (C=O) groups is 1. The molecule has 0 N–H and O–H groups in total. The van der Waals surface area contributed by atoms with Gasteiger partial charge in [-0.25, -0.2) is 0 Å². The number of amides is 1. The molecule has 1 amide bonds. The molecule has 5 rings (SSSR count). The van der Waals surface area contributed by atoms with Gasteiger partial charge in [0.25, 0.3) is 5.91 Å². The lowest BCUT2D eigenvalue weighted by Crippen LogP contribution is -2.36. The van der Waals surface area contributed by atoms with Crippen molar-refractivity contribution in [2.75, 3.05) is 6.54 Å². The Kier molecular flexibility index (Phi) is 3.94. The second-order valence-corrected chi connectivity index (χ2v) is 7.35. The molecule has 4 aromatic rings. The lowest BCUT2D eigenvalue weighted by atomic mass is 9.99. The molecular formula is C21H17ClN4O2. The number of fused-ring (bicyclic) bond motifs is 2. The van der Waals surface area contributed by atoms with Crippen LogP contribution in [0, 0.1) is 0 Å². The van der Waals surface area contributed by atoms with E-state index in [2.05, 4.69) is 10.1 Å². The van der Waals surface area contributed by atoms with Crippen LogP contribution in [-0.2, 0) is 20.0 Å². The van der Waals surface area contributed by atoms with E-state index in [1.807, 2.05) is 40.9 Å². The third kappa shape index (κ3) is 2.77. The van der Waals surface area contributed by atoms with Gasteiger partial charge in [0.05, 0.1) is 29.8 Å². The molecule has 0 radical (unpaired) electrons. The van der Waals surface area contributed by atoms with Crippen LogP contribution >= 0.6 is 11.6 Å². The molecule has 140 valence electrons. The normalized spacial score (nSPS) is 13.7. The maximum atomic E-state index is 13.0. The molecule has 6 nitrogen and oxygen atoms in total. The number of halogens is 1. The highest BCUT2D eigenvalue weighted by atomic mass is 35.5. The molecule has 0 saturated heterocycles. The fraction of sp³-hybridized carbons (Fsp3) is 0.190. The summed E-state index contributed by atoms with van der Waals surface area (Å²) in [6.45, 7) is 1.10. The van der Waals surface area contributed by atoms with Crippen LogP contribution in [0.25, 0.3) is 22.4 Å². The fourth-order valence-corrected chi connectivity index (χ4v) is 4.03. The highest BCUT2D eigenvalue weighted by molar-refractivity contribution is 6.30. The lowest BCUT2D eigenvalue weighted by molar-refractivity contribution is 0.0732. The Bertz CT molecular complexity index is 1210. The Morgan fingerprint density at radius 1 is 1.25 bits per heavy atom. The average Bonchev–Trinajstić information content (AvgIpc) is 3.29. The standard InChI is InChI=1S/C21H17ClN4O2/c1-25-20(13-3-2-4-15(22)9-13)16-5-7-26(12-18(16)24-25)21(27)14-10-19-17(23-11-14)6-8-28-19/h2-4,6,8-11H,5,7,12H2,1H3. The molecule has 7 heteroatoms. The monoisotopic (exact) mass is 392 g/mol. The van der Waals surface area contributed by atoms with Crippen molar-refractivity contribution < 1.29 is 9.21 Å². The van der Waals surface area contributed by atoms with Gasteiger partial charge in [0.1, 0.15) is 5.52 Å². The van der Waals surface area contributed by atoms with Crippen LogP contribution in [0.5, 0.6) is 0 Å². The summed E-state index contributed by atoms with van der Waals surface area (Å²) in [5, 5.41) is 5.37. The van der Waals surface area contributed by atoms with Gasteiger partial charge >= 0.3 is 0 Å². The molecule has 0 fully saturated rings. The summed E-state index contributed by atoms with van der Waals surface area (Å²) in [4.78, 5) is 19.1. The van der Waals surface area contributed by atoms with Crippen molar-refractivity contribution in [3.8, 4) is 11.3 Å². The maximum absolute atomic E-state index is 13.0. The quantitative estimate of drug-likeness (QED) is 0.515. The van der Waals surface area contributed by atoms with Crippen molar-refractivity contribution >= 4 is 28.6 Å². The van der Waals surface area contributed by atoms with Crippen molar-refractivity contribution in [2.45, 2.75) is 13.0 Å². The van der Waals surface area contributed by atoms with E-state index >= 15 is 0 Å². The topological polar surface area (TPSA) is 64.2 Å². The second kappa shape index (κ2) is 6.49. The first kappa shape index (κ1) is 17.0. The van der Waals surface area contributed by atoms with Crippen molar-refractivity contribution in [3.63, 3.8) is 0 Å². The molecule has 1 aliphatic rings. The third-order valence-corrected chi connectivity index (χ3v) is 5.37. The van der Waals surface area contributed by atoms with Crippen LogP contribution in [0.2, 0.25) is 5.02 Å². The number of pyridine rings is 1. The van der Waals surface area contributed by atoms with Gasteiger partial charge in [-0.3, -0.25) is 14.5 Å². The van der Waals surface area contributed by atoms with Crippen molar-refractivity contribution in [1.82, 2.24) is 19.7 Å². The SMILES string of the molecule is Cn1nc2c(c1-c1cccc(Cl)c1)CCN(C(=O)c1cnc3ccoc3c1)C2. The fourth-order valence-electron chi connectivity index (χ4n) is 3.84. The molecule has 1 aliphatic heterocycles. The Morgan fingerprint density at radius 2 is 2.14 bits per heavy atom. The first-order valence-corrected chi connectivity index (χ1v) is 9.41. The van der Waals surface area contributed by atoms with E-state index in [0.29, 0.717) is 29.3 Å². The number of hydrogen-bond acceptors (Lipinski definition) is 4. The number of hydrogen-bond donors (Lipinski definition) is 0. The molecule has 1 aromatic carbocycles. The number of aromatic nitrogens is 3. The first-order chi connectivity index (χ1) is 13.6. The summed E-state index contributed by atoms with van der Waals surface area (Å²) in [6, 6.07) is 11.3. The summed E-state index contributed by atoms with van der Waals surface area (Å²) in [5.74, 6) is -0.0635. The van der Waals surface area contributed by atoms with Crippen LogP contribution in [0.1, 0.15) is 21.6 Å². The van der Waals surface area contributed by atoms with Crippen LogP contribution in [-0.4, -0.2) is 32.1 Å². The highest BCUT2D eigenvalue weighted by Crippen LogP contribution is 2.31. The summed E-state index contributed by atoms with van der Waals surface area (Å²) in [7, 11) is 1.93. The van der Waals surface area contributed by atoms with E-state index in [0.717, 1.165) is 28.9 Å². The molecule has 28 heavy (non-hydrogen) atoms. The number of furan rings is 1. The van der Waals surface area contributed by atoms with Crippen molar-refractivity contribution in [2.24, 2.45) is 7.05 Å². The van der Waals surface area contributed by atoms with Crippen molar-refractivity contribution in [3.05, 3.63) is 70.7 Å². The molecule has 0 bridgehead atoms. The van der Waals surface area contributed by atoms with Gasteiger partial charge in [0.15, 0.2) is 5.58 Å². The highest BCUT2D eigenvalue weighted by Gasteiger charge is 2.28. The van der Waals surface area contributed by atoms with E-state index in [9.17, 15) is 4.79 Å². The largest absolute Gasteiger partial charge is 0.463 e. The van der Waals surface area contributed by atoms with Crippen LogP contribution < -0.4 is 0 Å². The minimum atomic E-state index is -0.0635. The van der Waals surface area contributed by atoms with E-state index in [1.165, 1.54) is 5.56 Å². The maximum Gasteiger partial charge on any atom is 0.255 e. The predicted octanol–water partition coefficient (Wildman–Crippen LogP) is 4.08. The van der Waals surface area contributed by atoms with Crippen LogP contribution in [0.3, 0.4) is 0 Å². The molecule has 3 aromatic heterocycles. The van der Waals surface area contributed by atoms with Gasteiger partial charge in [-0.15, -0.1) is 0 Å². The molecule has 4 heterocycles. The second-order valence-electron chi connectivity index (χ2n) is 6.91. The summed E-state index contributed by atoms with van der Waals surface area (Å²) in [5.41, 5.74) is 6.08. The van der Waals surface area contributed by atoms with Crippen LogP contribution in [0.4, 0.5) is 0 Å². The minimum absolute atomic E-state index is 0.0635. The predicted molar refractivity (Wildman–Crippen MR) is 106 cm³/mol. The Morgan fingerprint density at radius 3 is 3.00 bits per heavy atom. The van der Waals surface area contributed by atoms with E-state index < -0.39 is 0 Å². The van der Waals surface area contributed by atoms with Gasteiger partial charge in [-0.05, 0) is 24.6 Å². The summed E-state index contributed by atoms with van der Waals surface area (Å²) >= 11 is 6.17. The Labute approximate surface area is 166 Å². The molecule has 0 aliphatic carbocycles.